The number of rotatable bonds is 7. The molecule has 0 fully saturated rings. The Bertz CT molecular complexity index is 1100. The number of fused-ring (bicyclic) bond motifs is 1. The highest BCUT2D eigenvalue weighted by atomic mass is 16.5. The number of nitrogens with one attached hydrogen (secondary N) is 1. The van der Waals surface area contributed by atoms with Crippen LogP contribution in [0.4, 0.5) is 5.82 Å². The van der Waals surface area contributed by atoms with E-state index in [0.717, 1.165) is 33.8 Å². The number of anilines is 1. The van der Waals surface area contributed by atoms with Crippen LogP contribution < -0.4 is 19.5 Å². The second-order valence-electron chi connectivity index (χ2n) is 6.35. The number of hydrogen-bond acceptors (Lipinski definition) is 6. The Balaban J connectivity index is 1.59. The van der Waals surface area contributed by atoms with E-state index in [1.165, 1.54) is 0 Å². The zero-order chi connectivity index (χ0) is 20.1. The fourth-order valence-electron chi connectivity index (χ4n) is 2.91. The van der Waals surface area contributed by atoms with E-state index >= 15 is 0 Å². The molecule has 3 aromatic carbocycles. The summed E-state index contributed by atoms with van der Waals surface area (Å²) in [6, 6.07) is 23.3. The fraction of sp³-hybridized carbons (Fsp3) is 0.130. The van der Waals surface area contributed by atoms with Crippen LogP contribution in [0.2, 0.25) is 0 Å². The molecule has 29 heavy (non-hydrogen) atoms. The lowest BCUT2D eigenvalue weighted by Gasteiger charge is -2.12. The van der Waals surface area contributed by atoms with Gasteiger partial charge in [-0.15, -0.1) is 0 Å². The van der Waals surface area contributed by atoms with Crippen molar-refractivity contribution in [3.8, 4) is 23.3 Å². The van der Waals surface area contributed by atoms with Gasteiger partial charge in [0.25, 0.3) is 0 Å². The van der Waals surface area contributed by atoms with Crippen molar-refractivity contribution in [2.75, 3.05) is 19.5 Å². The molecule has 0 radical (unpaired) electrons. The van der Waals surface area contributed by atoms with E-state index < -0.39 is 0 Å². The Morgan fingerprint density at radius 2 is 1.34 bits per heavy atom. The van der Waals surface area contributed by atoms with E-state index in [0.29, 0.717) is 12.3 Å². The zero-order valence-corrected chi connectivity index (χ0v) is 16.3. The van der Waals surface area contributed by atoms with Gasteiger partial charge in [-0.1, -0.05) is 24.3 Å². The molecule has 0 atom stereocenters. The third-order valence-electron chi connectivity index (χ3n) is 4.47. The van der Waals surface area contributed by atoms with Crippen LogP contribution in [0.15, 0.2) is 72.8 Å². The summed E-state index contributed by atoms with van der Waals surface area (Å²) in [6.07, 6.45) is 0. The van der Waals surface area contributed by atoms with Crippen molar-refractivity contribution in [2.45, 2.75) is 6.54 Å². The van der Waals surface area contributed by atoms with Gasteiger partial charge >= 0.3 is 6.01 Å². The molecular formula is C23H21N3O3. The van der Waals surface area contributed by atoms with E-state index in [-0.39, 0.29) is 6.01 Å². The highest BCUT2D eigenvalue weighted by molar-refractivity contribution is 5.89. The lowest BCUT2D eigenvalue weighted by Crippen LogP contribution is -2.04. The van der Waals surface area contributed by atoms with Crippen LogP contribution in [0.1, 0.15) is 5.56 Å². The summed E-state index contributed by atoms with van der Waals surface area (Å²) in [5, 5.41) is 4.33. The molecule has 1 heterocycles. The Hall–Kier alpha value is -3.80. The Labute approximate surface area is 169 Å². The number of aromatic nitrogens is 2. The van der Waals surface area contributed by atoms with Gasteiger partial charge in [-0.2, -0.15) is 9.97 Å². The third kappa shape index (κ3) is 4.38. The first-order valence-corrected chi connectivity index (χ1v) is 9.20. The topological polar surface area (TPSA) is 65.5 Å². The third-order valence-corrected chi connectivity index (χ3v) is 4.47. The Kier molecular flexibility index (Phi) is 5.42. The monoisotopic (exact) mass is 387 g/mol. The summed E-state index contributed by atoms with van der Waals surface area (Å²) in [6.45, 7) is 0.618. The molecule has 0 spiro atoms. The lowest BCUT2D eigenvalue weighted by molar-refractivity contribution is 0.411. The van der Waals surface area contributed by atoms with Crippen molar-refractivity contribution in [1.29, 1.82) is 0 Å². The minimum Gasteiger partial charge on any atom is -0.497 e. The second-order valence-corrected chi connectivity index (χ2v) is 6.35. The number of para-hydroxylation sites is 1. The number of benzene rings is 3. The van der Waals surface area contributed by atoms with Gasteiger partial charge in [0, 0.05) is 11.9 Å². The van der Waals surface area contributed by atoms with Crippen LogP contribution in [-0.4, -0.2) is 24.2 Å². The summed E-state index contributed by atoms with van der Waals surface area (Å²) in [7, 11) is 3.29. The summed E-state index contributed by atoms with van der Waals surface area (Å²) in [4.78, 5) is 9.12. The van der Waals surface area contributed by atoms with Gasteiger partial charge in [0.1, 0.15) is 23.1 Å². The normalized spacial score (nSPS) is 10.6. The Morgan fingerprint density at radius 1 is 0.724 bits per heavy atom. The van der Waals surface area contributed by atoms with Gasteiger partial charge in [-0.25, -0.2) is 0 Å². The maximum Gasteiger partial charge on any atom is 0.324 e. The van der Waals surface area contributed by atoms with Gasteiger partial charge in [0.15, 0.2) is 0 Å². The van der Waals surface area contributed by atoms with Gasteiger partial charge in [-0.3, -0.25) is 0 Å². The van der Waals surface area contributed by atoms with Crippen molar-refractivity contribution >= 4 is 16.7 Å². The number of hydrogen-bond donors (Lipinski definition) is 1. The molecule has 0 aliphatic heterocycles. The second kappa shape index (κ2) is 8.48. The SMILES string of the molecule is COc1ccc(CNc2nc(Oc3ccc(OC)cc3)nc3ccccc23)cc1. The van der Waals surface area contributed by atoms with Crippen LogP contribution in [0, 0.1) is 0 Å². The maximum absolute atomic E-state index is 5.87. The van der Waals surface area contributed by atoms with Crippen molar-refractivity contribution in [3.63, 3.8) is 0 Å². The summed E-state index contributed by atoms with van der Waals surface area (Å²) >= 11 is 0. The first kappa shape index (κ1) is 18.6. The fourth-order valence-corrected chi connectivity index (χ4v) is 2.91. The molecule has 0 aliphatic rings. The van der Waals surface area contributed by atoms with Crippen molar-refractivity contribution < 1.29 is 14.2 Å². The minimum absolute atomic E-state index is 0.283. The number of methoxy groups -OCH3 is 2. The smallest absolute Gasteiger partial charge is 0.324 e. The van der Waals surface area contributed by atoms with Crippen molar-refractivity contribution in [2.24, 2.45) is 0 Å². The van der Waals surface area contributed by atoms with E-state index in [1.807, 2.05) is 72.8 Å². The predicted molar refractivity (Wildman–Crippen MR) is 113 cm³/mol. The van der Waals surface area contributed by atoms with Gasteiger partial charge < -0.3 is 19.5 Å². The molecule has 4 aromatic rings. The molecule has 6 nitrogen and oxygen atoms in total. The molecule has 146 valence electrons. The average Bonchev–Trinajstić information content (AvgIpc) is 2.78. The number of ether oxygens (including phenoxy) is 3. The molecule has 1 aromatic heterocycles. The molecule has 0 saturated carbocycles. The van der Waals surface area contributed by atoms with Crippen LogP contribution in [0.25, 0.3) is 10.9 Å². The van der Waals surface area contributed by atoms with Crippen LogP contribution in [0.3, 0.4) is 0 Å². The Morgan fingerprint density at radius 3 is 2.03 bits per heavy atom. The molecule has 1 N–H and O–H groups in total. The minimum atomic E-state index is 0.283. The van der Waals surface area contributed by atoms with Gasteiger partial charge in [-0.05, 0) is 54.1 Å². The quantitative estimate of drug-likeness (QED) is 0.479. The van der Waals surface area contributed by atoms with Crippen molar-refractivity contribution in [1.82, 2.24) is 9.97 Å². The molecular weight excluding hydrogens is 366 g/mol. The standard InChI is InChI=1S/C23H21N3O3/c1-27-17-9-7-16(8-10-17)15-24-22-20-5-3-4-6-21(20)25-23(26-22)29-19-13-11-18(28-2)12-14-19/h3-14H,15H2,1-2H3,(H,24,25,26). The molecule has 4 rings (SSSR count). The summed E-state index contributed by atoms with van der Waals surface area (Å²) < 4.78 is 16.3. The van der Waals surface area contributed by atoms with E-state index in [2.05, 4.69) is 15.3 Å². The zero-order valence-electron chi connectivity index (χ0n) is 16.3. The van der Waals surface area contributed by atoms with Crippen LogP contribution in [-0.2, 0) is 6.54 Å². The highest BCUT2D eigenvalue weighted by Crippen LogP contribution is 2.27. The van der Waals surface area contributed by atoms with E-state index in [1.54, 1.807) is 14.2 Å². The molecule has 0 unspecified atom stereocenters. The largest absolute Gasteiger partial charge is 0.497 e. The first-order chi connectivity index (χ1) is 14.2. The number of nitrogens with zero attached hydrogens (tertiary/aromatic N) is 2. The lowest BCUT2D eigenvalue weighted by atomic mass is 10.2. The van der Waals surface area contributed by atoms with Crippen LogP contribution in [0.5, 0.6) is 23.3 Å². The van der Waals surface area contributed by atoms with E-state index in [4.69, 9.17) is 14.2 Å². The van der Waals surface area contributed by atoms with E-state index in [9.17, 15) is 0 Å². The molecule has 6 heteroatoms. The molecule has 0 saturated heterocycles. The average molecular weight is 387 g/mol. The highest BCUT2D eigenvalue weighted by Gasteiger charge is 2.09. The maximum atomic E-state index is 5.87. The molecule has 0 amide bonds. The first-order valence-electron chi connectivity index (χ1n) is 9.20. The van der Waals surface area contributed by atoms with Gasteiger partial charge in [0.05, 0.1) is 19.7 Å². The summed E-state index contributed by atoms with van der Waals surface area (Å²) in [5.41, 5.74) is 1.93. The molecule has 0 bridgehead atoms. The van der Waals surface area contributed by atoms with Crippen molar-refractivity contribution in [3.05, 3.63) is 78.4 Å². The van der Waals surface area contributed by atoms with Crippen LogP contribution >= 0.6 is 0 Å². The molecule has 0 aliphatic carbocycles. The summed E-state index contributed by atoms with van der Waals surface area (Å²) in [5.74, 6) is 2.95. The van der Waals surface area contributed by atoms with Gasteiger partial charge in [0.2, 0.25) is 0 Å². The predicted octanol–water partition coefficient (Wildman–Crippen LogP) is 5.05.